The van der Waals surface area contributed by atoms with Crippen molar-refractivity contribution in [1.82, 2.24) is 5.32 Å². The van der Waals surface area contributed by atoms with Crippen LogP contribution in [0.1, 0.15) is 29.9 Å². The van der Waals surface area contributed by atoms with E-state index in [1.807, 2.05) is 0 Å². The zero-order valence-electron chi connectivity index (χ0n) is 10.4. The molecule has 0 amide bonds. The van der Waals surface area contributed by atoms with E-state index in [0.717, 1.165) is 12.8 Å². The first-order valence-corrected chi connectivity index (χ1v) is 6.06. The van der Waals surface area contributed by atoms with Crippen LogP contribution in [0.25, 0.3) is 0 Å². The predicted octanol–water partition coefficient (Wildman–Crippen LogP) is 2.00. The van der Waals surface area contributed by atoms with E-state index in [9.17, 15) is 4.79 Å². The number of carbonyl (C=O) groups is 1. The summed E-state index contributed by atoms with van der Waals surface area (Å²) in [7, 11) is 1.42. The number of esters is 1. The summed E-state index contributed by atoms with van der Waals surface area (Å²) in [6.45, 7) is 2.48. The lowest BCUT2D eigenvalue weighted by atomic mass is 9.74. The third kappa shape index (κ3) is 2.86. The largest absolute Gasteiger partial charge is 0.468 e. The zero-order chi connectivity index (χ0) is 12.3. The number of methoxy groups -OCH3 is 1. The molecule has 0 saturated heterocycles. The first kappa shape index (κ1) is 12.1. The Bertz CT molecular complexity index is 397. The Labute approximate surface area is 102 Å². The first-order valence-electron chi connectivity index (χ1n) is 6.06. The van der Waals surface area contributed by atoms with Crippen LogP contribution in [0.15, 0.2) is 24.3 Å². The zero-order valence-corrected chi connectivity index (χ0v) is 10.4. The van der Waals surface area contributed by atoms with Crippen LogP contribution in [0.3, 0.4) is 0 Å². The highest BCUT2D eigenvalue weighted by atomic mass is 16.5. The van der Waals surface area contributed by atoms with Gasteiger partial charge in [-0.05, 0) is 36.8 Å². The van der Waals surface area contributed by atoms with Crippen molar-refractivity contribution in [2.45, 2.75) is 31.7 Å². The molecule has 3 nitrogen and oxygen atoms in total. The standard InChI is InChI=1S/C14H19NO2/c1-10-5-3-4-6-13(10)11-7-12(8-11)15-9-14(16)17-2/h3-6,11-12,15H,7-9H2,1-2H3. The van der Waals surface area contributed by atoms with Gasteiger partial charge in [-0.2, -0.15) is 0 Å². The van der Waals surface area contributed by atoms with Gasteiger partial charge >= 0.3 is 5.97 Å². The molecular formula is C14H19NO2. The van der Waals surface area contributed by atoms with Gasteiger partial charge in [0.1, 0.15) is 0 Å². The quantitative estimate of drug-likeness (QED) is 0.808. The summed E-state index contributed by atoms with van der Waals surface area (Å²) >= 11 is 0. The van der Waals surface area contributed by atoms with Crippen LogP contribution in [0, 0.1) is 6.92 Å². The van der Waals surface area contributed by atoms with Crippen LogP contribution in [-0.2, 0) is 9.53 Å². The molecule has 92 valence electrons. The van der Waals surface area contributed by atoms with Crippen molar-refractivity contribution in [2.75, 3.05) is 13.7 Å². The summed E-state index contributed by atoms with van der Waals surface area (Å²) in [5.41, 5.74) is 2.81. The maximum atomic E-state index is 11.0. The molecule has 1 saturated carbocycles. The van der Waals surface area contributed by atoms with E-state index < -0.39 is 0 Å². The Hall–Kier alpha value is -1.35. The van der Waals surface area contributed by atoms with E-state index >= 15 is 0 Å². The Kier molecular flexibility index (Phi) is 3.79. The van der Waals surface area contributed by atoms with Crippen LogP contribution >= 0.6 is 0 Å². The van der Waals surface area contributed by atoms with Crippen molar-refractivity contribution in [3.05, 3.63) is 35.4 Å². The van der Waals surface area contributed by atoms with Gasteiger partial charge in [0.2, 0.25) is 0 Å². The second-order valence-electron chi connectivity index (χ2n) is 4.68. The van der Waals surface area contributed by atoms with Gasteiger partial charge in [0.25, 0.3) is 0 Å². The fraction of sp³-hybridized carbons (Fsp3) is 0.500. The molecule has 0 unspecified atom stereocenters. The Morgan fingerprint density at radius 1 is 1.41 bits per heavy atom. The lowest BCUT2D eigenvalue weighted by Gasteiger charge is -2.36. The fourth-order valence-corrected chi connectivity index (χ4v) is 2.38. The summed E-state index contributed by atoms with van der Waals surface area (Å²) in [6.07, 6.45) is 2.23. The van der Waals surface area contributed by atoms with Gasteiger partial charge in [0.15, 0.2) is 0 Å². The predicted molar refractivity (Wildman–Crippen MR) is 67.0 cm³/mol. The molecule has 1 aliphatic carbocycles. The monoisotopic (exact) mass is 233 g/mol. The number of carbonyl (C=O) groups excluding carboxylic acids is 1. The summed E-state index contributed by atoms with van der Waals surface area (Å²) in [5.74, 6) is 0.454. The second-order valence-corrected chi connectivity index (χ2v) is 4.68. The smallest absolute Gasteiger partial charge is 0.319 e. The van der Waals surface area contributed by atoms with Crippen molar-refractivity contribution in [3.63, 3.8) is 0 Å². The van der Waals surface area contributed by atoms with Gasteiger partial charge in [-0.25, -0.2) is 0 Å². The molecule has 1 aromatic carbocycles. The molecule has 0 heterocycles. The van der Waals surface area contributed by atoms with Crippen molar-refractivity contribution in [3.8, 4) is 0 Å². The molecule has 17 heavy (non-hydrogen) atoms. The van der Waals surface area contributed by atoms with Gasteiger partial charge < -0.3 is 10.1 Å². The van der Waals surface area contributed by atoms with Crippen molar-refractivity contribution in [2.24, 2.45) is 0 Å². The molecular weight excluding hydrogens is 214 g/mol. The van der Waals surface area contributed by atoms with E-state index in [4.69, 9.17) is 0 Å². The van der Waals surface area contributed by atoms with Gasteiger partial charge in [0.05, 0.1) is 13.7 Å². The molecule has 2 rings (SSSR count). The van der Waals surface area contributed by atoms with E-state index in [1.165, 1.54) is 18.2 Å². The Balaban J connectivity index is 1.79. The molecule has 0 atom stereocenters. The van der Waals surface area contributed by atoms with E-state index in [2.05, 4.69) is 41.2 Å². The second kappa shape index (κ2) is 5.32. The highest BCUT2D eigenvalue weighted by Gasteiger charge is 2.30. The summed E-state index contributed by atoms with van der Waals surface area (Å²) in [6, 6.07) is 8.99. The SMILES string of the molecule is COC(=O)CNC1CC(c2ccccc2C)C1. The van der Waals surface area contributed by atoms with Crippen LogP contribution in [0.5, 0.6) is 0 Å². The minimum atomic E-state index is -0.190. The van der Waals surface area contributed by atoms with Gasteiger partial charge in [-0.1, -0.05) is 24.3 Å². The van der Waals surface area contributed by atoms with E-state index in [0.29, 0.717) is 18.5 Å². The maximum absolute atomic E-state index is 11.0. The average molecular weight is 233 g/mol. The molecule has 0 spiro atoms. The average Bonchev–Trinajstić information content (AvgIpc) is 2.28. The molecule has 0 aromatic heterocycles. The lowest BCUT2D eigenvalue weighted by molar-refractivity contribution is -0.139. The minimum absolute atomic E-state index is 0.190. The fourth-order valence-electron chi connectivity index (χ4n) is 2.38. The maximum Gasteiger partial charge on any atom is 0.319 e. The van der Waals surface area contributed by atoms with Crippen LogP contribution in [-0.4, -0.2) is 25.7 Å². The van der Waals surface area contributed by atoms with Crippen molar-refractivity contribution in [1.29, 1.82) is 0 Å². The van der Waals surface area contributed by atoms with Gasteiger partial charge in [-0.3, -0.25) is 4.79 Å². The molecule has 0 aliphatic heterocycles. The van der Waals surface area contributed by atoms with Crippen LogP contribution < -0.4 is 5.32 Å². The van der Waals surface area contributed by atoms with Gasteiger partial charge in [-0.15, -0.1) is 0 Å². The molecule has 3 heteroatoms. The number of nitrogens with one attached hydrogen (secondary N) is 1. The first-order chi connectivity index (χ1) is 8.20. The molecule has 1 aliphatic rings. The normalized spacial score (nSPS) is 22.9. The Morgan fingerprint density at radius 2 is 2.12 bits per heavy atom. The van der Waals surface area contributed by atoms with Crippen LogP contribution in [0.4, 0.5) is 0 Å². The van der Waals surface area contributed by atoms with Crippen molar-refractivity contribution >= 4 is 5.97 Å². The number of ether oxygens (including phenoxy) is 1. The number of hydrogen-bond acceptors (Lipinski definition) is 3. The minimum Gasteiger partial charge on any atom is -0.468 e. The number of benzene rings is 1. The van der Waals surface area contributed by atoms with Crippen molar-refractivity contribution < 1.29 is 9.53 Å². The molecule has 0 bridgehead atoms. The third-order valence-corrected chi connectivity index (χ3v) is 3.53. The third-order valence-electron chi connectivity index (χ3n) is 3.53. The van der Waals surface area contributed by atoms with Gasteiger partial charge in [0, 0.05) is 6.04 Å². The number of hydrogen-bond donors (Lipinski definition) is 1. The summed E-state index contributed by atoms with van der Waals surface area (Å²) in [4.78, 5) is 11.0. The lowest BCUT2D eigenvalue weighted by Crippen LogP contribution is -2.42. The highest BCUT2D eigenvalue weighted by molar-refractivity contribution is 5.71. The number of aryl methyl sites for hydroxylation is 1. The summed E-state index contributed by atoms with van der Waals surface area (Å²) < 4.78 is 4.60. The molecule has 0 radical (unpaired) electrons. The summed E-state index contributed by atoms with van der Waals surface area (Å²) in [5, 5.41) is 3.21. The van der Waals surface area contributed by atoms with Crippen LogP contribution in [0.2, 0.25) is 0 Å². The topological polar surface area (TPSA) is 38.3 Å². The number of rotatable bonds is 4. The molecule has 1 aromatic rings. The highest BCUT2D eigenvalue weighted by Crippen LogP contribution is 2.38. The Morgan fingerprint density at radius 3 is 2.76 bits per heavy atom. The van der Waals surface area contributed by atoms with E-state index in [1.54, 1.807) is 0 Å². The van der Waals surface area contributed by atoms with E-state index in [-0.39, 0.29) is 5.97 Å². The molecule has 1 N–H and O–H groups in total. The molecule has 1 fully saturated rings.